The van der Waals surface area contributed by atoms with Gasteiger partial charge in [0.25, 0.3) is 5.91 Å². The number of likely N-dealkylation sites (N-methyl/N-ethyl adjacent to an activating group) is 1. The van der Waals surface area contributed by atoms with Gasteiger partial charge in [0.15, 0.2) is 11.5 Å². The smallest absolute Gasteiger partial charge is 0.321 e. The summed E-state index contributed by atoms with van der Waals surface area (Å²) in [6.07, 6.45) is 1.78. The molecule has 47 heavy (non-hydrogen) atoms. The van der Waals surface area contributed by atoms with Gasteiger partial charge in [-0.2, -0.15) is 0 Å². The molecule has 258 valence electrons. The Morgan fingerprint density at radius 2 is 1.70 bits per heavy atom. The summed E-state index contributed by atoms with van der Waals surface area (Å²) in [5.74, 6) is 1.03. The van der Waals surface area contributed by atoms with Crippen molar-refractivity contribution in [3.63, 3.8) is 0 Å². The van der Waals surface area contributed by atoms with Crippen molar-refractivity contribution in [1.82, 2.24) is 15.1 Å². The van der Waals surface area contributed by atoms with Crippen LogP contribution < -0.4 is 30.2 Å². The maximum Gasteiger partial charge on any atom is 0.321 e. The number of rotatable bonds is 7. The van der Waals surface area contributed by atoms with Gasteiger partial charge in [-0.3, -0.25) is 4.79 Å². The number of carbonyl (C=O) groups is 3. The minimum atomic E-state index is -0.531. The molecule has 0 aromatic heterocycles. The quantitative estimate of drug-likeness (QED) is 0.329. The van der Waals surface area contributed by atoms with E-state index in [1.165, 1.54) is 0 Å². The number of benzene rings is 2. The second-order valence-electron chi connectivity index (χ2n) is 12.6. The Kier molecular flexibility index (Phi) is 12.5. The average Bonchev–Trinajstić information content (AvgIpc) is 3.50. The van der Waals surface area contributed by atoms with Gasteiger partial charge in [0.1, 0.15) is 5.75 Å². The van der Waals surface area contributed by atoms with Gasteiger partial charge >= 0.3 is 12.1 Å². The monoisotopic (exact) mass is 655 g/mol. The summed E-state index contributed by atoms with van der Waals surface area (Å²) < 4.78 is 23.4. The third-order valence-electron chi connectivity index (χ3n) is 8.15. The molecule has 2 aliphatic rings. The van der Waals surface area contributed by atoms with Crippen LogP contribution in [0.1, 0.15) is 64.2 Å². The molecule has 13 nitrogen and oxygen atoms in total. The number of ether oxygens (including phenoxy) is 4. The van der Waals surface area contributed by atoms with Crippen LogP contribution >= 0.6 is 0 Å². The Hall–Kier alpha value is -4.23. The van der Waals surface area contributed by atoms with Gasteiger partial charge in [0, 0.05) is 56.1 Å². The molecule has 4 rings (SSSR count). The Morgan fingerprint density at radius 3 is 2.43 bits per heavy atom. The predicted octanol–water partition coefficient (Wildman–Crippen LogP) is 4.90. The standard InChI is InChI=1S/C34H49N5O8/c1-21(2)35-33(42)36-25-10-12-28-27(15-25)32(41)39(23(4)19-40)17-22(3)31(44-14-8-7-9-24(5)47-28)18-38(6)34(43)37-26-11-13-29-30(16-26)46-20-45-29/h10-13,15-16,21-24,31,40H,7-9,14,17-20H2,1-6H3,(H,37,43)(H2,35,36,42)/t22-,23-,24-,31-/m0/s1. The van der Waals surface area contributed by atoms with Gasteiger partial charge in [0.05, 0.1) is 30.4 Å². The first-order valence-corrected chi connectivity index (χ1v) is 16.3. The van der Waals surface area contributed by atoms with Crippen molar-refractivity contribution in [2.75, 3.05) is 50.8 Å². The second kappa shape index (κ2) is 16.6. The minimum absolute atomic E-state index is 0.0653. The van der Waals surface area contributed by atoms with Gasteiger partial charge in [-0.05, 0) is 77.3 Å². The average molecular weight is 656 g/mol. The van der Waals surface area contributed by atoms with Crippen LogP contribution in [0.5, 0.6) is 17.2 Å². The van der Waals surface area contributed by atoms with E-state index in [0.29, 0.717) is 35.2 Å². The highest BCUT2D eigenvalue weighted by Crippen LogP contribution is 2.34. The third kappa shape index (κ3) is 9.88. The molecule has 2 aliphatic heterocycles. The molecule has 0 aliphatic carbocycles. The lowest BCUT2D eigenvalue weighted by Gasteiger charge is -2.35. The van der Waals surface area contributed by atoms with Crippen molar-refractivity contribution in [2.24, 2.45) is 5.92 Å². The SMILES string of the molecule is CC(C)NC(=O)Nc1ccc2c(c1)C(=O)N([C@@H](C)CO)C[C@H](C)[C@H](CN(C)C(=O)Nc1ccc3c(c1)OCO3)OCCCC[C@H](C)O2. The van der Waals surface area contributed by atoms with E-state index < -0.39 is 12.1 Å². The van der Waals surface area contributed by atoms with Crippen molar-refractivity contribution < 1.29 is 38.4 Å². The summed E-state index contributed by atoms with van der Waals surface area (Å²) in [6.45, 7) is 10.3. The number of nitrogens with zero attached hydrogens (tertiary/aromatic N) is 2. The number of nitrogens with one attached hydrogen (secondary N) is 3. The van der Waals surface area contributed by atoms with E-state index in [0.717, 1.165) is 19.3 Å². The van der Waals surface area contributed by atoms with Crippen LogP contribution in [0, 0.1) is 5.92 Å². The van der Waals surface area contributed by atoms with Crippen LogP contribution in [0.2, 0.25) is 0 Å². The molecule has 2 aromatic rings. The minimum Gasteiger partial charge on any atom is -0.490 e. The first kappa shape index (κ1) is 35.6. The number of aliphatic hydroxyl groups is 1. The molecule has 2 heterocycles. The molecular weight excluding hydrogens is 606 g/mol. The van der Waals surface area contributed by atoms with E-state index in [2.05, 4.69) is 16.0 Å². The van der Waals surface area contributed by atoms with Gasteiger partial charge < -0.3 is 49.8 Å². The molecule has 4 N–H and O–H groups in total. The Bertz CT molecular complexity index is 1390. The molecule has 0 spiro atoms. The summed E-state index contributed by atoms with van der Waals surface area (Å²) in [5.41, 5.74) is 1.29. The summed E-state index contributed by atoms with van der Waals surface area (Å²) in [7, 11) is 1.70. The topological polar surface area (TPSA) is 151 Å². The summed E-state index contributed by atoms with van der Waals surface area (Å²) in [5, 5.41) is 18.7. The van der Waals surface area contributed by atoms with E-state index in [1.54, 1.807) is 60.2 Å². The molecule has 5 amide bonds. The lowest BCUT2D eigenvalue weighted by Crippen LogP contribution is -2.48. The Balaban J connectivity index is 1.56. The highest BCUT2D eigenvalue weighted by molar-refractivity contribution is 5.99. The number of urea groups is 2. The van der Waals surface area contributed by atoms with Crippen LogP contribution in [0.15, 0.2) is 36.4 Å². The van der Waals surface area contributed by atoms with E-state index in [1.807, 2.05) is 27.7 Å². The Labute approximate surface area is 276 Å². The molecule has 0 unspecified atom stereocenters. The first-order chi connectivity index (χ1) is 22.4. The van der Waals surface area contributed by atoms with Crippen LogP contribution in [-0.2, 0) is 4.74 Å². The van der Waals surface area contributed by atoms with Gasteiger partial charge in [0.2, 0.25) is 6.79 Å². The second-order valence-corrected chi connectivity index (χ2v) is 12.6. The summed E-state index contributed by atoms with van der Waals surface area (Å²) in [4.78, 5) is 43.1. The third-order valence-corrected chi connectivity index (χ3v) is 8.15. The molecule has 4 atom stereocenters. The van der Waals surface area contributed by atoms with E-state index in [9.17, 15) is 19.5 Å². The number of hydrogen-bond donors (Lipinski definition) is 4. The summed E-state index contributed by atoms with van der Waals surface area (Å²) in [6, 6.07) is 8.93. The molecular formula is C34H49N5O8. The lowest BCUT2D eigenvalue weighted by molar-refractivity contribution is -0.0115. The van der Waals surface area contributed by atoms with Gasteiger partial charge in [-0.25, -0.2) is 9.59 Å². The number of hydrogen-bond acceptors (Lipinski definition) is 8. The van der Waals surface area contributed by atoms with Crippen LogP contribution in [0.4, 0.5) is 21.0 Å². The number of aliphatic hydroxyl groups excluding tert-OH is 1. The summed E-state index contributed by atoms with van der Waals surface area (Å²) >= 11 is 0. The number of fused-ring (bicyclic) bond motifs is 2. The van der Waals surface area contributed by atoms with E-state index in [-0.39, 0.29) is 68.1 Å². The predicted molar refractivity (Wildman–Crippen MR) is 178 cm³/mol. The van der Waals surface area contributed by atoms with Crippen molar-refractivity contribution in [2.45, 2.75) is 78.2 Å². The van der Waals surface area contributed by atoms with Crippen molar-refractivity contribution >= 4 is 29.3 Å². The zero-order valence-electron chi connectivity index (χ0n) is 28.2. The fraction of sp³-hybridized carbons (Fsp3) is 0.559. The maximum atomic E-state index is 14.3. The van der Waals surface area contributed by atoms with Crippen molar-refractivity contribution in [3.8, 4) is 17.2 Å². The fourth-order valence-electron chi connectivity index (χ4n) is 5.44. The number of carbonyl (C=O) groups excluding carboxylic acids is 3. The van der Waals surface area contributed by atoms with Crippen molar-refractivity contribution in [1.29, 1.82) is 0 Å². The molecule has 0 bridgehead atoms. The number of amides is 5. The van der Waals surface area contributed by atoms with Crippen LogP contribution in [0.3, 0.4) is 0 Å². The zero-order valence-corrected chi connectivity index (χ0v) is 28.2. The molecule has 0 radical (unpaired) electrons. The van der Waals surface area contributed by atoms with Crippen LogP contribution in [-0.4, -0.2) is 97.3 Å². The molecule has 2 aromatic carbocycles. The van der Waals surface area contributed by atoms with E-state index in [4.69, 9.17) is 18.9 Å². The molecule has 0 saturated carbocycles. The normalized spacial score (nSPS) is 20.8. The zero-order chi connectivity index (χ0) is 34.1. The fourth-order valence-corrected chi connectivity index (χ4v) is 5.44. The van der Waals surface area contributed by atoms with E-state index >= 15 is 0 Å². The lowest BCUT2D eigenvalue weighted by atomic mass is 10.0. The largest absolute Gasteiger partial charge is 0.490 e. The Morgan fingerprint density at radius 1 is 1.00 bits per heavy atom. The first-order valence-electron chi connectivity index (χ1n) is 16.3. The van der Waals surface area contributed by atoms with Crippen LogP contribution in [0.25, 0.3) is 0 Å². The maximum absolute atomic E-state index is 14.3. The van der Waals surface area contributed by atoms with Gasteiger partial charge in [-0.1, -0.05) is 6.92 Å². The highest BCUT2D eigenvalue weighted by atomic mass is 16.7. The highest BCUT2D eigenvalue weighted by Gasteiger charge is 2.31. The van der Waals surface area contributed by atoms with Crippen molar-refractivity contribution in [3.05, 3.63) is 42.0 Å². The van der Waals surface area contributed by atoms with Gasteiger partial charge in [-0.15, -0.1) is 0 Å². The molecule has 0 saturated heterocycles. The molecule has 0 fully saturated rings. The molecule has 13 heteroatoms. The number of anilines is 2.